The second kappa shape index (κ2) is 6.19. The number of hydrogen-bond acceptors (Lipinski definition) is 3. The van der Waals surface area contributed by atoms with E-state index in [1.54, 1.807) is 0 Å². The molecule has 15 heavy (non-hydrogen) atoms. The van der Waals surface area contributed by atoms with Crippen LogP contribution >= 0.6 is 0 Å². The van der Waals surface area contributed by atoms with E-state index in [-0.39, 0.29) is 30.9 Å². The molecule has 84 valence electrons. The van der Waals surface area contributed by atoms with Crippen molar-refractivity contribution >= 4 is 11.8 Å². The lowest BCUT2D eigenvalue weighted by atomic mass is 10.0. The molecule has 1 unspecified atom stereocenters. The Morgan fingerprint density at radius 1 is 1.33 bits per heavy atom. The molecule has 0 aromatic heterocycles. The molecular formula is C10H17N3O2. The SMILES string of the molecule is NCC(=O)NCC(=O)NC1CC=CCC1. The van der Waals surface area contributed by atoms with Crippen LogP contribution in [-0.2, 0) is 9.59 Å². The highest BCUT2D eigenvalue weighted by atomic mass is 16.2. The molecule has 5 heteroatoms. The quantitative estimate of drug-likeness (QED) is 0.537. The molecule has 5 nitrogen and oxygen atoms in total. The van der Waals surface area contributed by atoms with Gasteiger partial charge in [-0.2, -0.15) is 0 Å². The minimum absolute atomic E-state index is 0.0102. The Kier molecular flexibility index (Phi) is 4.83. The first kappa shape index (κ1) is 11.7. The largest absolute Gasteiger partial charge is 0.352 e. The van der Waals surface area contributed by atoms with Crippen LogP contribution in [0.5, 0.6) is 0 Å². The van der Waals surface area contributed by atoms with E-state index >= 15 is 0 Å². The average molecular weight is 211 g/mol. The van der Waals surface area contributed by atoms with Crippen molar-refractivity contribution in [2.24, 2.45) is 5.73 Å². The molecule has 0 aromatic rings. The second-order valence-electron chi connectivity index (χ2n) is 3.53. The molecule has 1 aliphatic rings. The minimum Gasteiger partial charge on any atom is -0.352 e. The van der Waals surface area contributed by atoms with E-state index in [2.05, 4.69) is 22.8 Å². The second-order valence-corrected chi connectivity index (χ2v) is 3.53. The maximum absolute atomic E-state index is 11.3. The van der Waals surface area contributed by atoms with Crippen LogP contribution in [0.2, 0.25) is 0 Å². The summed E-state index contributed by atoms with van der Waals surface area (Å²) in [6.07, 6.45) is 7.01. The zero-order chi connectivity index (χ0) is 11.1. The number of carbonyl (C=O) groups excluding carboxylic acids is 2. The summed E-state index contributed by atoms with van der Waals surface area (Å²) >= 11 is 0. The summed E-state index contributed by atoms with van der Waals surface area (Å²) in [5.41, 5.74) is 5.09. The molecule has 1 rings (SSSR count). The maximum atomic E-state index is 11.3. The standard InChI is InChI=1S/C10H17N3O2/c11-6-9(14)12-7-10(15)13-8-4-2-1-3-5-8/h1-2,8H,3-7,11H2,(H,12,14)(H,13,15). The highest BCUT2D eigenvalue weighted by molar-refractivity contribution is 5.85. The van der Waals surface area contributed by atoms with Crippen molar-refractivity contribution in [3.8, 4) is 0 Å². The van der Waals surface area contributed by atoms with Crippen LogP contribution in [0, 0.1) is 0 Å². The Labute approximate surface area is 89.1 Å². The third kappa shape index (κ3) is 4.60. The molecule has 0 spiro atoms. The predicted molar refractivity (Wildman–Crippen MR) is 57.0 cm³/mol. The van der Waals surface area contributed by atoms with Gasteiger partial charge in [-0.3, -0.25) is 9.59 Å². The maximum Gasteiger partial charge on any atom is 0.239 e. The minimum atomic E-state index is -0.311. The van der Waals surface area contributed by atoms with Crippen LogP contribution < -0.4 is 16.4 Å². The third-order valence-corrected chi connectivity index (χ3v) is 2.27. The van der Waals surface area contributed by atoms with E-state index < -0.39 is 0 Å². The molecule has 0 fully saturated rings. The molecular weight excluding hydrogens is 194 g/mol. The fourth-order valence-corrected chi connectivity index (χ4v) is 1.45. The van der Waals surface area contributed by atoms with E-state index in [0.29, 0.717) is 0 Å². The van der Waals surface area contributed by atoms with Crippen molar-refractivity contribution in [1.82, 2.24) is 10.6 Å². The molecule has 0 saturated carbocycles. The van der Waals surface area contributed by atoms with E-state index in [4.69, 9.17) is 5.73 Å². The van der Waals surface area contributed by atoms with E-state index in [0.717, 1.165) is 19.3 Å². The van der Waals surface area contributed by atoms with Crippen LogP contribution in [0.25, 0.3) is 0 Å². The van der Waals surface area contributed by atoms with Crippen LogP contribution in [0.1, 0.15) is 19.3 Å². The highest BCUT2D eigenvalue weighted by Crippen LogP contribution is 2.09. The van der Waals surface area contributed by atoms with Gasteiger partial charge in [-0.25, -0.2) is 0 Å². The molecule has 4 N–H and O–H groups in total. The molecule has 0 bridgehead atoms. The summed E-state index contributed by atoms with van der Waals surface area (Å²) in [6, 6.07) is 0.206. The van der Waals surface area contributed by atoms with E-state index in [1.807, 2.05) is 0 Å². The van der Waals surface area contributed by atoms with Crippen LogP contribution in [-0.4, -0.2) is 30.9 Å². The van der Waals surface area contributed by atoms with Crippen molar-refractivity contribution in [2.45, 2.75) is 25.3 Å². The summed E-state index contributed by atoms with van der Waals surface area (Å²) < 4.78 is 0. The first-order valence-corrected chi connectivity index (χ1v) is 5.13. The Bertz CT molecular complexity index is 263. The van der Waals surface area contributed by atoms with Crippen molar-refractivity contribution in [2.75, 3.05) is 13.1 Å². The van der Waals surface area contributed by atoms with Crippen LogP contribution in [0.3, 0.4) is 0 Å². The van der Waals surface area contributed by atoms with Gasteiger partial charge in [-0.1, -0.05) is 12.2 Å². The van der Waals surface area contributed by atoms with Gasteiger partial charge in [0.05, 0.1) is 13.1 Å². The van der Waals surface area contributed by atoms with Gasteiger partial charge in [0.2, 0.25) is 11.8 Å². The zero-order valence-electron chi connectivity index (χ0n) is 8.66. The summed E-state index contributed by atoms with van der Waals surface area (Å²) in [5.74, 6) is -0.467. The summed E-state index contributed by atoms with van der Waals surface area (Å²) in [7, 11) is 0. The Morgan fingerprint density at radius 3 is 2.73 bits per heavy atom. The van der Waals surface area contributed by atoms with E-state index in [9.17, 15) is 9.59 Å². The van der Waals surface area contributed by atoms with Crippen molar-refractivity contribution in [3.05, 3.63) is 12.2 Å². The molecule has 1 aliphatic carbocycles. The normalized spacial score (nSPS) is 19.7. The molecule has 0 radical (unpaired) electrons. The lowest BCUT2D eigenvalue weighted by molar-refractivity contribution is -0.125. The lowest BCUT2D eigenvalue weighted by Gasteiger charge is -2.19. The fraction of sp³-hybridized carbons (Fsp3) is 0.600. The molecule has 1 atom stereocenters. The van der Waals surface area contributed by atoms with Crippen LogP contribution in [0.4, 0.5) is 0 Å². The number of amides is 2. The van der Waals surface area contributed by atoms with Gasteiger partial charge < -0.3 is 16.4 Å². The highest BCUT2D eigenvalue weighted by Gasteiger charge is 2.12. The van der Waals surface area contributed by atoms with Gasteiger partial charge in [-0.15, -0.1) is 0 Å². The van der Waals surface area contributed by atoms with E-state index in [1.165, 1.54) is 0 Å². The number of allylic oxidation sites excluding steroid dienone is 1. The summed E-state index contributed by atoms with van der Waals surface area (Å²) in [5, 5.41) is 5.28. The summed E-state index contributed by atoms with van der Waals surface area (Å²) in [6.45, 7) is -0.0737. The molecule has 0 aliphatic heterocycles. The first-order valence-electron chi connectivity index (χ1n) is 5.13. The lowest BCUT2D eigenvalue weighted by Crippen LogP contribution is -2.43. The van der Waals surface area contributed by atoms with Crippen LogP contribution in [0.15, 0.2) is 12.2 Å². The Morgan fingerprint density at radius 2 is 2.13 bits per heavy atom. The third-order valence-electron chi connectivity index (χ3n) is 2.27. The van der Waals surface area contributed by atoms with Gasteiger partial charge in [0.15, 0.2) is 0 Å². The monoisotopic (exact) mass is 211 g/mol. The van der Waals surface area contributed by atoms with Crippen molar-refractivity contribution in [3.63, 3.8) is 0 Å². The Balaban J connectivity index is 2.18. The number of hydrogen-bond donors (Lipinski definition) is 3. The van der Waals surface area contributed by atoms with Crippen molar-refractivity contribution in [1.29, 1.82) is 0 Å². The number of carbonyl (C=O) groups is 2. The van der Waals surface area contributed by atoms with Gasteiger partial charge in [-0.05, 0) is 19.3 Å². The number of nitrogens with one attached hydrogen (secondary N) is 2. The zero-order valence-corrected chi connectivity index (χ0v) is 8.66. The number of rotatable bonds is 4. The topological polar surface area (TPSA) is 84.2 Å². The number of nitrogens with two attached hydrogens (primary N) is 1. The van der Waals surface area contributed by atoms with Gasteiger partial charge in [0.25, 0.3) is 0 Å². The fourth-order valence-electron chi connectivity index (χ4n) is 1.45. The molecule has 0 saturated heterocycles. The van der Waals surface area contributed by atoms with Crippen molar-refractivity contribution < 1.29 is 9.59 Å². The smallest absolute Gasteiger partial charge is 0.239 e. The predicted octanol–water partition coefficient (Wildman–Crippen LogP) is -0.714. The molecule has 0 heterocycles. The first-order chi connectivity index (χ1) is 7.22. The van der Waals surface area contributed by atoms with Gasteiger partial charge >= 0.3 is 0 Å². The average Bonchev–Trinajstić information content (AvgIpc) is 2.27. The Hall–Kier alpha value is -1.36. The summed E-state index contributed by atoms with van der Waals surface area (Å²) in [4.78, 5) is 22.1. The molecule has 0 aromatic carbocycles. The van der Waals surface area contributed by atoms with Gasteiger partial charge in [0, 0.05) is 6.04 Å². The van der Waals surface area contributed by atoms with Gasteiger partial charge in [0.1, 0.15) is 0 Å². The molecule has 2 amide bonds.